The highest BCUT2D eigenvalue weighted by Crippen LogP contribution is 2.19. The highest BCUT2D eigenvalue weighted by Gasteiger charge is 2.20. The normalized spacial score (nSPS) is 14.9. The van der Waals surface area contributed by atoms with Crippen LogP contribution in [0.4, 0.5) is 17.5 Å². The number of nitrogens with zero attached hydrogens (tertiary/aromatic N) is 3. The second kappa shape index (κ2) is 12.5. The number of nitrogens with one attached hydrogen (secondary N) is 4. The zero-order valence-corrected chi connectivity index (χ0v) is 18.7. The SMILES string of the molecule is CCCNc1nc(Nc2ccnc(OC)c2)ncc1C#CCCCNC(=O)[C@@H]1CCCN1. The zero-order valence-electron chi connectivity index (χ0n) is 18.7. The first-order chi connectivity index (χ1) is 15.7. The van der Waals surface area contributed by atoms with Crippen LogP contribution in [0, 0.1) is 11.8 Å². The van der Waals surface area contributed by atoms with Crippen molar-refractivity contribution in [3.63, 3.8) is 0 Å². The van der Waals surface area contributed by atoms with E-state index in [0.29, 0.717) is 30.6 Å². The number of rotatable bonds is 10. The van der Waals surface area contributed by atoms with Gasteiger partial charge in [-0.25, -0.2) is 9.97 Å². The van der Waals surface area contributed by atoms with Gasteiger partial charge in [-0.1, -0.05) is 18.8 Å². The molecule has 0 spiro atoms. The van der Waals surface area contributed by atoms with E-state index in [1.54, 1.807) is 25.6 Å². The van der Waals surface area contributed by atoms with Gasteiger partial charge in [0.1, 0.15) is 5.82 Å². The molecule has 9 heteroatoms. The van der Waals surface area contributed by atoms with Crippen LogP contribution in [0.3, 0.4) is 0 Å². The van der Waals surface area contributed by atoms with Crippen molar-refractivity contribution in [2.75, 3.05) is 37.4 Å². The van der Waals surface area contributed by atoms with Gasteiger partial charge in [-0.15, -0.1) is 0 Å². The quantitative estimate of drug-likeness (QED) is 0.331. The van der Waals surface area contributed by atoms with Gasteiger partial charge in [0.25, 0.3) is 0 Å². The average molecular weight is 438 g/mol. The third-order valence-corrected chi connectivity index (χ3v) is 4.91. The Kier molecular flexibility index (Phi) is 9.07. The number of pyridine rings is 1. The largest absolute Gasteiger partial charge is 0.481 e. The number of methoxy groups -OCH3 is 1. The third kappa shape index (κ3) is 7.10. The lowest BCUT2D eigenvalue weighted by Gasteiger charge is -2.10. The van der Waals surface area contributed by atoms with Crippen molar-refractivity contribution in [3.8, 4) is 17.7 Å². The Morgan fingerprint density at radius 1 is 1.34 bits per heavy atom. The minimum Gasteiger partial charge on any atom is -0.481 e. The van der Waals surface area contributed by atoms with E-state index in [1.165, 1.54) is 0 Å². The maximum atomic E-state index is 12.0. The van der Waals surface area contributed by atoms with Crippen molar-refractivity contribution in [1.29, 1.82) is 0 Å². The van der Waals surface area contributed by atoms with Crippen molar-refractivity contribution in [2.24, 2.45) is 0 Å². The summed E-state index contributed by atoms with van der Waals surface area (Å²) >= 11 is 0. The molecule has 170 valence electrons. The predicted molar refractivity (Wildman–Crippen MR) is 125 cm³/mol. The van der Waals surface area contributed by atoms with Gasteiger partial charge in [0.05, 0.1) is 24.9 Å². The Labute approximate surface area is 189 Å². The van der Waals surface area contributed by atoms with Crippen LogP contribution in [0.25, 0.3) is 0 Å². The van der Waals surface area contributed by atoms with Crippen molar-refractivity contribution >= 4 is 23.4 Å². The molecular weight excluding hydrogens is 406 g/mol. The van der Waals surface area contributed by atoms with E-state index in [-0.39, 0.29) is 11.9 Å². The summed E-state index contributed by atoms with van der Waals surface area (Å²) in [7, 11) is 1.57. The number of anilines is 3. The van der Waals surface area contributed by atoms with E-state index >= 15 is 0 Å². The second-order valence-electron chi connectivity index (χ2n) is 7.44. The van der Waals surface area contributed by atoms with Gasteiger partial charge in [0.15, 0.2) is 0 Å². The van der Waals surface area contributed by atoms with E-state index < -0.39 is 0 Å². The molecule has 0 unspecified atom stereocenters. The van der Waals surface area contributed by atoms with Gasteiger partial charge < -0.3 is 26.0 Å². The minimum atomic E-state index is -0.0363. The van der Waals surface area contributed by atoms with E-state index in [2.05, 4.69) is 55.0 Å². The van der Waals surface area contributed by atoms with Crippen LogP contribution in [0.15, 0.2) is 24.5 Å². The first kappa shape index (κ1) is 23.3. The monoisotopic (exact) mass is 437 g/mol. The maximum Gasteiger partial charge on any atom is 0.237 e. The van der Waals surface area contributed by atoms with Gasteiger partial charge in [-0.05, 0) is 38.3 Å². The molecule has 3 heterocycles. The summed E-state index contributed by atoms with van der Waals surface area (Å²) in [5.41, 5.74) is 1.53. The number of hydrogen-bond acceptors (Lipinski definition) is 8. The lowest BCUT2D eigenvalue weighted by molar-refractivity contribution is -0.122. The molecule has 0 saturated carbocycles. The molecule has 4 N–H and O–H groups in total. The summed E-state index contributed by atoms with van der Waals surface area (Å²) in [4.78, 5) is 25.1. The van der Waals surface area contributed by atoms with Crippen LogP contribution in [0.2, 0.25) is 0 Å². The van der Waals surface area contributed by atoms with Crippen molar-refractivity contribution in [2.45, 2.75) is 45.1 Å². The Bertz CT molecular complexity index is 949. The molecule has 1 amide bonds. The molecule has 9 nitrogen and oxygen atoms in total. The summed E-state index contributed by atoms with van der Waals surface area (Å²) in [6.07, 6.45) is 7.80. The van der Waals surface area contributed by atoms with E-state index in [0.717, 1.165) is 50.0 Å². The molecule has 1 aliphatic heterocycles. The van der Waals surface area contributed by atoms with Gasteiger partial charge in [0.2, 0.25) is 17.7 Å². The summed E-state index contributed by atoms with van der Waals surface area (Å²) in [5.74, 6) is 8.07. The fourth-order valence-electron chi connectivity index (χ4n) is 3.22. The van der Waals surface area contributed by atoms with Gasteiger partial charge >= 0.3 is 0 Å². The molecule has 0 radical (unpaired) electrons. The molecule has 1 saturated heterocycles. The molecule has 1 aliphatic rings. The Hall–Kier alpha value is -3.38. The predicted octanol–water partition coefficient (Wildman–Crippen LogP) is 2.45. The van der Waals surface area contributed by atoms with Crippen LogP contribution in [-0.2, 0) is 4.79 Å². The van der Waals surface area contributed by atoms with Crippen molar-refractivity contribution in [1.82, 2.24) is 25.6 Å². The van der Waals surface area contributed by atoms with Crippen LogP contribution in [0.1, 0.15) is 44.6 Å². The van der Waals surface area contributed by atoms with Crippen molar-refractivity contribution in [3.05, 3.63) is 30.1 Å². The molecule has 0 aliphatic carbocycles. The average Bonchev–Trinajstić information content (AvgIpc) is 3.36. The van der Waals surface area contributed by atoms with Gasteiger partial charge in [-0.3, -0.25) is 4.79 Å². The number of carbonyl (C=O) groups excluding carboxylic acids is 1. The Morgan fingerprint density at radius 3 is 3.03 bits per heavy atom. The molecule has 0 aromatic carbocycles. The molecule has 1 fully saturated rings. The third-order valence-electron chi connectivity index (χ3n) is 4.91. The van der Waals surface area contributed by atoms with Crippen LogP contribution >= 0.6 is 0 Å². The standard InChI is InChI=1S/C23H31N7O2/c1-3-11-26-21-17(8-5-4-6-12-27-22(31)19-9-7-13-24-19)16-28-23(30-21)29-18-10-14-25-20(15-18)32-2/h10,14-16,19,24H,3-4,6-7,9,11-13H2,1-2H3,(H,27,31)(H2,25,26,28,29,30)/t19-/m0/s1. The van der Waals surface area contributed by atoms with Gasteiger partial charge in [-0.2, -0.15) is 4.98 Å². The summed E-state index contributed by atoms with van der Waals surface area (Å²) in [6, 6.07) is 3.56. The smallest absolute Gasteiger partial charge is 0.237 e. The number of ether oxygens (including phenoxy) is 1. The summed E-state index contributed by atoms with van der Waals surface area (Å²) < 4.78 is 5.15. The molecule has 1 atom stereocenters. The summed E-state index contributed by atoms with van der Waals surface area (Å²) in [6.45, 7) is 4.43. The fourth-order valence-corrected chi connectivity index (χ4v) is 3.22. The first-order valence-corrected chi connectivity index (χ1v) is 11.1. The Morgan fingerprint density at radius 2 is 2.25 bits per heavy atom. The number of aromatic nitrogens is 3. The highest BCUT2D eigenvalue weighted by molar-refractivity contribution is 5.81. The molecular formula is C23H31N7O2. The molecule has 3 rings (SSSR count). The molecule has 2 aromatic rings. The number of carbonyl (C=O) groups is 1. The topological polar surface area (TPSA) is 113 Å². The lowest BCUT2D eigenvalue weighted by Crippen LogP contribution is -2.40. The summed E-state index contributed by atoms with van der Waals surface area (Å²) in [5, 5.41) is 12.7. The second-order valence-corrected chi connectivity index (χ2v) is 7.44. The van der Waals surface area contributed by atoms with E-state index in [1.807, 2.05) is 6.07 Å². The number of amides is 1. The van der Waals surface area contributed by atoms with Crippen LogP contribution in [-0.4, -0.2) is 53.6 Å². The van der Waals surface area contributed by atoms with E-state index in [4.69, 9.17) is 4.74 Å². The number of hydrogen-bond donors (Lipinski definition) is 4. The van der Waals surface area contributed by atoms with E-state index in [9.17, 15) is 4.79 Å². The Balaban J connectivity index is 1.56. The van der Waals surface area contributed by atoms with Crippen LogP contribution in [0.5, 0.6) is 5.88 Å². The number of unbranched alkanes of at least 4 members (excludes halogenated alkanes) is 1. The van der Waals surface area contributed by atoms with Crippen molar-refractivity contribution < 1.29 is 9.53 Å². The first-order valence-electron chi connectivity index (χ1n) is 11.1. The fraction of sp³-hybridized carbons (Fsp3) is 0.478. The lowest BCUT2D eigenvalue weighted by atomic mass is 10.2. The molecule has 2 aromatic heterocycles. The van der Waals surface area contributed by atoms with Gasteiger partial charge in [0, 0.05) is 37.5 Å². The maximum absolute atomic E-state index is 12.0. The van der Waals surface area contributed by atoms with Crippen LogP contribution < -0.4 is 26.0 Å². The molecule has 32 heavy (non-hydrogen) atoms. The highest BCUT2D eigenvalue weighted by atomic mass is 16.5. The zero-order chi connectivity index (χ0) is 22.6. The molecule has 0 bridgehead atoms. The minimum absolute atomic E-state index is 0.0363.